The third-order valence-electron chi connectivity index (χ3n) is 3.29. The van der Waals surface area contributed by atoms with E-state index in [1.54, 1.807) is 30.5 Å². The Bertz CT molecular complexity index is 605. The molecule has 0 radical (unpaired) electrons. The first-order valence-corrected chi connectivity index (χ1v) is 7.14. The largest absolute Gasteiger partial charge is 0.434 e. The first-order valence-electron chi connectivity index (χ1n) is 7.14. The van der Waals surface area contributed by atoms with Gasteiger partial charge >= 0.3 is 6.61 Å². The lowest BCUT2D eigenvalue weighted by Gasteiger charge is -2.18. The van der Waals surface area contributed by atoms with Gasteiger partial charge in [-0.2, -0.15) is 13.9 Å². The van der Waals surface area contributed by atoms with E-state index in [0.29, 0.717) is 18.7 Å². The summed E-state index contributed by atoms with van der Waals surface area (Å²) >= 11 is 0. The molecule has 0 amide bonds. The second-order valence-electron chi connectivity index (χ2n) is 6.11. The van der Waals surface area contributed by atoms with E-state index in [2.05, 4.69) is 41.0 Å². The number of rotatable bonds is 6. The number of hydrogen-bond acceptors (Lipinski definition) is 3. The van der Waals surface area contributed by atoms with E-state index in [1.807, 2.05) is 0 Å². The predicted molar refractivity (Wildman–Crippen MR) is 80.9 cm³/mol. The number of aromatic amines is 1. The molecule has 2 N–H and O–H groups in total. The molecule has 6 heteroatoms. The minimum atomic E-state index is -2.82. The summed E-state index contributed by atoms with van der Waals surface area (Å²) in [4.78, 5) is 0. The zero-order chi connectivity index (χ0) is 16.2. The highest BCUT2D eigenvalue weighted by molar-refractivity contribution is 5.33. The van der Waals surface area contributed by atoms with Gasteiger partial charge in [-0.15, -0.1) is 0 Å². The van der Waals surface area contributed by atoms with Crippen LogP contribution in [0.1, 0.15) is 37.6 Å². The first-order chi connectivity index (χ1) is 10.4. The van der Waals surface area contributed by atoms with Crippen molar-refractivity contribution in [1.82, 2.24) is 15.5 Å². The summed E-state index contributed by atoms with van der Waals surface area (Å²) in [6, 6.07) is 6.79. The van der Waals surface area contributed by atoms with E-state index in [0.717, 1.165) is 11.3 Å². The van der Waals surface area contributed by atoms with Crippen molar-refractivity contribution in [2.45, 2.75) is 45.9 Å². The quantitative estimate of drug-likeness (QED) is 0.857. The van der Waals surface area contributed by atoms with Crippen molar-refractivity contribution >= 4 is 0 Å². The monoisotopic (exact) mass is 309 g/mol. The minimum absolute atomic E-state index is 0.0236. The van der Waals surface area contributed by atoms with Crippen LogP contribution in [0, 0.1) is 0 Å². The molecule has 0 saturated heterocycles. The van der Waals surface area contributed by atoms with Gasteiger partial charge in [0.15, 0.2) is 0 Å². The van der Waals surface area contributed by atoms with E-state index in [1.165, 1.54) is 0 Å². The smallest absolute Gasteiger partial charge is 0.387 e. The van der Waals surface area contributed by atoms with Crippen molar-refractivity contribution in [3.05, 3.63) is 47.3 Å². The maximum absolute atomic E-state index is 12.4. The second kappa shape index (κ2) is 6.87. The lowest BCUT2D eigenvalue weighted by molar-refractivity contribution is -0.0505. The molecule has 0 saturated carbocycles. The number of benzene rings is 1. The van der Waals surface area contributed by atoms with Crippen LogP contribution in [0.25, 0.3) is 0 Å². The highest BCUT2D eigenvalue weighted by Gasteiger charge is 2.19. The summed E-state index contributed by atoms with van der Waals surface area (Å²) in [7, 11) is 0. The molecule has 2 rings (SSSR count). The normalized spacial score (nSPS) is 11.9. The molecular formula is C16H21F2N3O. The average molecular weight is 309 g/mol. The molecule has 1 aromatic heterocycles. The molecule has 0 aliphatic carbocycles. The summed E-state index contributed by atoms with van der Waals surface area (Å²) in [5, 5.41) is 10.3. The molecule has 0 bridgehead atoms. The Labute approximate surface area is 128 Å². The Morgan fingerprint density at radius 1 is 1.18 bits per heavy atom. The van der Waals surface area contributed by atoms with Gasteiger partial charge in [-0.1, -0.05) is 39.0 Å². The zero-order valence-electron chi connectivity index (χ0n) is 13.0. The molecule has 1 aromatic carbocycles. The third kappa shape index (κ3) is 4.27. The van der Waals surface area contributed by atoms with Crippen LogP contribution >= 0.6 is 0 Å². The fourth-order valence-corrected chi connectivity index (χ4v) is 2.29. The zero-order valence-corrected chi connectivity index (χ0v) is 13.0. The predicted octanol–water partition coefficient (Wildman–Crippen LogP) is 3.60. The van der Waals surface area contributed by atoms with Crippen molar-refractivity contribution in [1.29, 1.82) is 0 Å². The molecule has 4 nitrogen and oxygen atoms in total. The Kier molecular flexibility index (Phi) is 5.13. The average Bonchev–Trinajstić information content (AvgIpc) is 2.88. The summed E-state index contributed by atoms with van der Waals surface area (Å²) in [6.07, 6.45) is 1.79. The molecule has 0 fully saturated rings. The van der Waals surface area contributed by atoms with E-state index in [4.69, 9.17) is 0 Å². The van der Waals surface area contributed by atoms with Gasteiger partial charge < -0.3 is 10.1 Å². The first kappa shape index (κ1) is 16.4. The summed E-state index contributed by atoms with van der Waals surface area (Å²) < 4.78 is 29.3. The molecule has 1 heterocycles. The maximum atomic E-state index is 12.4. The Balaban J connectivity index is 1.99. The summed E-state index contributed by atoms with van der Waals surface area (Å²) in [5.74, 6) is 0.202. The van der Waals surface area contributed by atoms with Crippen LogP contribution in [0.3, 0.4) is 0 Å². The number of halogens is 2. The molecule has 2 aromatic rings. The number of nitrogens with one attached hydrogen (secondary N) is 2. The molecule has 22 heavy (non-hydrogen) atoms. The van der Waals surface area contributed by atoms with E-state index >= 15 is 0 Å². The Morgan fingerprint density at radius 3 is 2.55 bits per heavy atom. The highest BCUT2D eigenvalue weighted by atomic mass is 19.3. The highest BCUT2D eigenvalue weighted by Crippen LogP contribution is 2.24. The van der Waals surface area contributed by atoms with Crippen molar-refractivity contribution in [2.75, 3.05) is 0 Å². The molecule has 0 aliphatic rings. The standard InChI is InChI=1S/C16H21F2N3O/c1-16(2,3)14-12(10-20-21-14)9-19-8-11-6-4-5-7-13(11)22-15(17)18/h4-7,10,15,19H,8-9H2,1-3H3,(H,20,21). The van der Waals surface area contributed by atoms with Gasteiger partial charge in [0.2, 0.25) is 0 Å². The summed E-state index contributed by atoms with van der Waals surface area (Å²) in [6.45, 7) is 4.55. The number of para-hydroxylation sites is 1. The Morgan fingerprint density at radius 2 is 1.86 bits per heavy atom. The molecule has 0 spiro atoms. The number of H-pyrrole nitrogens is 1. The molecule has 0 aliphatic heterocycles. The lowest BCUT2D eigenvalue weighted by atomic mass is 9.89. The van der Waals surface area contributed by atoms with Crippen LogP contribution in [-0.4, -0.2) is 16.8 Å². The van der Waals surface area contributed by atoms with Crippen LogP contribution in [0.15, 0.2) is 30.5 Å². The van der Waals surface area contributed by atoms with Gasteiger partial charge in [-0.25, -0.2) is 0 Å². The van der Waals surface area contributed by atoms with Gasteiger partial charge in [-0.05, 0) is 6.07 Å². The van der Waals surface area contributed by atoms with E-state index < -0.39 is 6.61 Å². The van der Waals surface area contributed by atoms with E-state index in [-0.39, 0.29) is 11.2 Å². The third-order valence-corrected chi connectivity index (χ3v) is 3.29. The van der Waals surface area contributed by atoms with Gasteiger partial charge in [0.25, 0.3) is 0 Å². The minimum Gasteiger partial charge on any atom is -0.434 e. The second-order valence-corrected chi connectivity index (χ2v) is 6.11. The van der Waals surface area contributed by atoms with Crippen LogP contribution in [0.5, 0.6) is 5.75 Å². The number of hydrogen-bond donors (Lipinski definition) is 2. The molecular weight excluding hydrogens is 288 g/mol. The van der Waals surface area contributed by atoms with Crippen molar-refractivity contribution in [3.63, 3.8) is 0 Å². The van der Waals surface area contributed by atoms with Gasteiger partial charge in [-0.3, -0.25) is 5.10 Å². The van der Waals surface area contributed by atoms with E-state index in [9.17, 15) is 8.78 Å². The molecule has 0 atom stereocenters. The van der Waals surface area contributed by atoms with Gasteiger partial charge in [0.1, 0.15) is 5.75 Å². The molecule has 120 valence electrons. The van der Waals surface area contributed by atoms with Crippen LogP contribution < -0.4 is 10.1 Å². The number of nitrogens with zero attached hydrogens (tertiary/aromatic N) is 1. The van der Waals surface area contributed by atoms with Gasteiger partial charge in [0, 0.05) is 35.3 Å². The lowest BCUT2D eigenvalue weighted by Crippen LogP contribution is -2.19. The van der Waals surface area contributed by atoms with Crippen LogP contribution in [-0.2, 0) is 18.5 Å². The van der Waals surface area contributed by atoms with Crippen molar-refractivity contribution in [2.24, 2.45) is 0 Å². The van der Waals surface area contributed by atoms with Crippen molar-refractivity contribution in [3.8, 4) is 5.75 Å². The molecule has 0 unspecified atom stereocenters. The maximum Gasteiger partial charge on any atom is 0.387 e. The number of alkyl halides is 2. The van der Waals surface area contributed by atoms with Crippen LogP contribution in [0.2, 0.25) is 0 Å². The topological polar surface area (TPSA) is 49.9 Å². The van der Waals surface area contributed by atoms with Crippen LogP contribution in [0.4, 0.5) is 8.78 Å². The fraction of sp³-hybridized carbons (Fsp3) is 0.438. The number of aromatic nitrogens is 2. The number of ether oxygens (including phenoxy) is 1. The SMILES string of the molecule is CC(C)(C)c1[nH]ncc1CNCc1ccccc1OC(F)F. The summed E-state index contributed by atoms with van der Waals surface area (Å²) in [5.41, 5.74) is 2.81. The Hall–Kier alpha value is -1.95. The van der Waals surface area contributed by atoms with Gasteiger partial charge in [0.05, 0.1) is 6.20 Å². The van der Waals surface area contributed by atoms with Crippen molar-refractivity contribution < 1.29 is 13.5 Å². The fourth-order valence-electron chi connectivity index (χ4n) is 2.29.